The van der Waals surface area contributed by atoms with E-state index < -0.39 is 101 Å². The predicted molar refractivity (Wildman–Crippen MR) is 180 cm³/mol. The molecule has 0 unspecified atom stereocenters. The summed E-state index contributed by atoms with van der Waals surface area (Å²) in [4.78, 5) is 81.0. The van der Waals surface area contributed by atoms with E-state index >= 15 is 0 Å². The van der Waals surface area contributed by atoms with E-state index in [1.54, 1.807) is 0 Å². The average molecular weight is 749 g/mol. The van der Waals surface area contributed by atoms with Crippen LogP contribution >= 0.6 is 0 Å². The predicted octanol–water partition coefficient (Wildman–Crippen LogP) is 1.35. The summed E-state index contributed by atoms with van der Waals surface area (Å²) in [6.45, 7) is 5.59. The smallest absolute Gasteiger partial charge is 0.338 e. The molecular formula is C40H44O14. The lowest BCUT2D eigenvalue weighted by Crippen LogP contribution is -2.67. The topological polar surface area (TPSA) is 209 Å². The summed E-state index contributed by atoms with van der Waals surface area (Å²) in [5, 5.41) is 35.0. The Labute approximate surface area is 310 Å². The third kappa shape index (κ3) is 4.22. The van der Waals surface area contributed by atoms with E-state index in [4.69, 9.17) is 23.7 Å². The Morgan fingerprint density at radius 2 is 1.67 bits per heavy atom. The van der Waals surface area contributed by atoms with E-state index in [-0.39, 0.29) is 65.6 Å². The minimum atomic E-state index is -1.89. The Balaban J connectivity index is 1.26. The van der Waals surface area contributed by atoms with E-state index in [1.807, 2.05) is 6.92 Å². The van der Waals surface area contributed by atoms with Crippen molar-refractivity contribution in [3.05, 3.63) is 45.1 Å². The lowest BCUT2D eigenvalue weighted by Gasteiger charge is -2.63. The van der Waals surface area contributed by atoms with Gasteiger partial charge in [-0.1, -0.05) is 19.4 Å². The van der Waals surface area contributed by atoms with Crippen molar-refractivity contribution in [2.45, 2.75) is 83.2 Å². The normalized spacial score (nSPS) is 48.0. The van der Waals surface area contributed by atoms with E-state index in [0.717, 1.165) is 17.6 Å². The first-order chi connectivity index (χ1) is 25.5. The van der Waals surface area contributed by atoms with Gasteiger partial charge in [-0.3, -0.25) is 9.59 Å². The van der Waals surface area contributed by atoms with Crippen molar-refractivity contribution >= 4 is 35.6 Å². The molecule has 3 N–H and O–H groups in total. The van der Waals surface area contributed by atoms with Crippen molar-refractivity contribution < 1.29 is 67.8 Å². The molecule has 0 aromatic carbocycles. The van der Waals surface area contributed by atoms with Gasteiger partial charge >= 0.3 is 29.8 Å². The molecule has 0 radical (unpaired) electrons. The molecular weight excluding hydrogens is 704 g/mol. The standard InChI is InChI=1S/C40H44O14/c1-15-6-7-51-36(48)24(41)12-27(42)52-13-19-21-11-25-37(3,22-10-23(22)39(25,49)14-53-33(15)45)26-9-18-17-8-20(17)38(4)29(18)30(40(21,26)54-35(19)47)28(31(43)32(38)44)16(2)34(46)50-5/h6,17,20,22-26,30,32,41,44,49H,7-14H2,1-5H3/b15-6+,28-16-/t17-,20-,22-,23+,24-,25-,26+,30+,32+,37+,38+,39+,40+/m1/s1. The quantitative estimate of drug-likeness (QED) is 0.150. The number of methoxy groups -OCH3 is 1. The van der Waals surface area contributed by atoms with Gasteiger partial charge in [-0.2, -0.15) is 0 Å². The number of allylic oxidation sites excluding steroid dienone is 1. The van der Waals surface area contributed by atoms with Crippen LogP contribution in [-0.2, 0) is 52.5 Å². The summed E-state index contributed by atoms with van der Waals surface area (Å²) in [5.74, 6) is -7.40. The van der Waals surface area contributed by atoms with E-state index in [9.17, 15) is 44.1 Å². The zero-order chi connectivity index (χ0) is 38.6. The fourth-order valence-corrected chi connectivity index (χ4v) is 12.7. The van der Waals surface area contributed by atoms with Crippen molar-refractivity contribution in [1.82, 2.24) is 0 Å². The largest absolute Gasteiger partial charge is 0.466 e. The number of rotatable bonds is 1. The first kappa shape index (κ1) is 35.6. The van der Waals surface area contributed by atoms with Gasteiger partial charge in [0.1, 0.15) is 37.1 Å². The molecule has 0 aromatic heterocycles. The van der Waals surface area contributed by atoms with Gasteiger partial charge < -0.3 is 39.0 Å². The molecule has 14 nitrogen and oxygen atoms in total. The zero-order valence-corrected chi connectivity index (χ0v) is 30.8. The molecule has 288 valence electrons. The first-order valence-corrected chi connectivity index (χ1v) is 18.7. The summed E-state index contributed by atoms with van der Waals surface area (Å²) in [7, 11) is 1.20. The summed E-state index contributed by atoms with van der Waals surface area (Å²) >= 11 is 0. The van der Waals surface area contributed by atoms with Crippen LogP contribution in [0.15, 0.2) is 45.1 Å². The molecule has 2 aliphatic heterocycles. The monoisotopic (exact) mass is 748 g/mol. The van der Waals surface area contributed by atoms with Crippen molar-refractivity contribution in [2.75, 3.05) is 26.9 Å². The molecule has 5 saturated carbocycles. The number of carbonyl (C=O) groups is 6. The van der Waals surface area contributed by atoms with Crippen LogP contribution in [0, 0.1) is 52.3 Å². The van der Waals surface area contributed by atoms with Crippen LogP contribution in [0.2, 0.25) is 0 Å². The van der Waals surface area contributed by atoms with Gasteiger partial charge in [-0.15, -0.1) is 0 Å². The van der Waals surface area contributed by atoms with E-state index in [2.05, 4.69) is 6.92 Å². The fourth-order valence-electron chi connectivity index (χ4n) is 12.7. The van der Waals surface area contributed by atoms with Gasteiger partial charge in [-0.05, 0) is 85.8 Å². The van der Waals surface area contributed by atoms with Gasteiger partial charge in [0, 0.05) is 34.0 Å². The van der Waals surface area contributed by atoms with Crippen molar-refractivity contribution in [3.8, 4) is 0 Å². The molecule has 7 aliphatic carbocycles. The molecule has 0 saturated heterocycles. The van der Waals surface area contributed by atoms with Crippen LogP contribution in [0.4, 0.5) is 0 Å². The molecule has 0 aromatic rings. The van der Waals surface area contributed by atoms with Gasteiger partial charge in [0.05, 0.1) is 25.0 Å². The molecule has 9 aliphatic rings. The minimum Gasteiger partial charge on any atom is -0.466 e. The summed E-state index contributed by atoms with van der Waals surface area (Å²) in [6.07, 6.45) is -0.902. The molecule has 2 heterocycles. The molecule has 9 rings (SSSR count). The van der Waals surface area contributed by atoms with Crippen LogP contribution in [0.3, 0.4) is 0 Å². The number of ketones is 1. The number of cyclic esters (lactones) is 3. The van der Waals surface area contributed by atoms with Crippen LogP contribution in [0.25, 0.3) is 0 Å². The van der Waals surface area contributed by atoms with E-state index in [0.29, 0.717) is 18.4 Å². The van der Waals surface area contributed by atoms with Crippen LogP contribution in [0.5, 0.6) is 0 Å². The number of Topliss-reactive ketones (excluding diaryl/α,β-unsaturated/α-hetero) is 1. The Morgan fingerprint density at radius 3 is 2.39 bits per heavy atom. The average Bonchev–Trinajstić information content (AvgIpc) is 4.05. The third-order valence-electron chi connectivity index (χ3n) is 15.3. The second-order valence-corrected chi connectivity index (χ2v) is 17.3. The van der Waals surface area contributed by atoms with Crippen molar-refractivity contribution in [1.29, 1.82) is 0 Å². The van der Waals surface area contributed by atoms with Crippen LogP contribution < -0.4 is 0 Å². The maximum absolute atomic E-state index is 14.6. The number of aliphatic hydroxyl groups excluding tert-OH is 2. The lowest BCUT2D eigenvalue weighted by atomic mass is 9.42. The number of esters is 5. The Bertz CT molecular complexity index is 2000. The number of carbonyl (C=O) groups excluding carboxylic acids is 6. The van der Waals surface area contributed by atoms with Crippen molar-refractivity contribution in [2.24, 2.45) is 52.3 Å². The minimum absolute atomic E-state index is 0.00479. The number of hydrogen-bond acceptors (Lipinski definition) is 14. The highest BCUT2D eigenvalue weighted by atomic mass is 16.6. The molecule has 5 fully saturated rings. The highest BCUT2D eigenvalue weighted by Crippen LogP contribution is 2.83. The highest BCUT2D eigenvalue weighted by molar-refractivity contribution is 6.09. The van der Waals surface area contributed by atoms with Gasteiger partial charge in [0.15, 0.2) is 11.9 Å². The Kier molecular flexibility index (Phi) is 7.39. The molecule has 0 amide bonds. The second kappa shape index (κ2) is 11.2. The number of fused-ring (bicyclic) bond motifs is 7. The molecule has 54 heavy (non-hydrogen) atoms. The Hall–Kier alpha value is -4.14. The highest BCUT2D eigenvalue weighted by Gasteiger charge is 2.84. The van der Waals surface area contributed by atoms with Crippen LogP contribution in [-0.4, -0.2) is 101 Å². The first-order valence-electron chi connectivity index (χ1n) is 18.7. The maximum Gasteiger partial charge on any atom is 0.338 e. The second-order valence-electron chi connectivity index (χ2n) is 17.3. The molecule has 2 bridgehead atoms. The summed E-state index contributed by atoms with van der Waals surface area (Å²) < 4.78 is 28.1. The van der Waals surface area contributed by atoms with E-state index in [1.165, 1.54) is 27.0 Å². The fraction of sp³-hybridized carbons (Fsp3) is 0.650. The summed E-state index contributed by atoms with van der Waals surface area (Å²) in [5.41, 5.74) is -2.41. The zero-order valence-electron chi connectivity index (χ0n) is 30.8. The third-order valence-corrected chi connectivity index (χ3v) is 15.3. The Morgan fingerprint density at radius 1 is 0.926 bits per heavy atom. The molecule has 1 spiro atoms. The van der Waals surface area contributed by atoms with Crippen LogP contribution in [0.1, 0.15) is 59.8 Å². The SMILES string of the molecule is COC(=O)/C(C)=C1\C(=O)[C@H](O)[C@]2(C)C3=C(C[C@@H]4[C@]5(OC(=O)C6=C5C[C@H]5[C@](O)(COC(=O)/C(C)=C/COC(=O)[C@H](O)CC(=O)OC6)[C@H]6C[C@H]6[C@]45C)[C@H]31)[C@H]1C[C@H]12. The van der Waals surface area contributed by atoms with Gasteiger partial charge in [0.2, 0.25) is 0 Å². The van der Waals surface area contributed by atoms with Gasteiger partial charge in [-0.25, -0.2) is 19.2 Å². The van der Waals surface area contributed by atoms with Gasteiger partial charge in [0.25, 0.3) is 0 Å². The van der Waals surface area contributed by atoms with Crippen molar-refractivity contribution in [3.63, 3.8) is 0 Å². The maximum atomic E-state index is 14.6. The number of hydrogen-bond donors (Lipinski definition) is 3. The number of aliphatic hydroxyl groups is 3. The number of ether oxygens (including phenoxy) is 5. The summed E-state index contributed by atoms with van der Waals surface area (Å²) in [6, 6.07) is 0. The molecule has 14 heteroatoms. The molecule has 13 atom stereocenters. The lowest BCUT2D eigenvalue weighted by molar-refractivity contribution is -0.191.